The fourth-order valence-electron chi connectivity index (χ4n) is 2.42. The van der Waals surface area contributed by atoms with Crippen molar-refractivity contribution < 1.29 is 0 Å². The molecule has 1 rings (SSSR count). The molecule has 0 radical (unpaired) electrons. The summed E-state index contributed by atoms with van der Waals surface area (Å²) in [4.78, 5) is 2.51. The highest BCUT2D eigenvalue weighted by Crippen LogP contribution is 2.29. The van der Waals surface area contributed by atoms with Crippen LogP contribution in [-0.2, 0) is 0 Å². The SMILES string of the molecule is CCCCN(C)CC1(CC)CCNC1. The minimum absolute atomic E-state index is 0.572. The van der Waals surface area contributed by atoms with Crippen LogP contribution in [0.15, 0.2) is 0 Å². The molecule has 84 valence electrons. The van der Waals surface area contributed by atoms with Gasteiger partial charge in [-0.1, -0.05) is 20.3 Å². The van der Waals surface area contributed by atoms with Crippen molar-refractivity contribution in [2.45, 2.75) is 39.5 Å². The molecule has 1 saturated heterocycles. The summed E-state index contributed by atoms with van der Waals surface area (Å²) in [6, 6.07) is 0. The predicted octanol–water partition coefficient (Wildman–Crippen LogP) is 2.11. The third kappa shape index (κ3) is 3.25. The highest BCUT2D eigenvalue weighted by atomic mass is 15.1. The lowest BCUT2D eigenvalue weighted by molar-refractivity contribution is 0.183. The largest absolute Gasteiger partial charge is 0.316 e. The van der Waals surface area contributed by atoms with Crippen LogP contribution in [0.3, 0.4) is 0 Å². The normalized spacial score (nSPS) is 27.4. The molecule has 0 saturated carbocycles. The summed E-state index contributed by atoms with van der Waals surface area (Å²) in [5, 5.41) is 3.50. The van der Waals surface area contributed by atoms with Crippen LogP contribution in [0.25, 0.3) is 0 Å². The summed E-state index contributed by atoms with van der Waals surface area (Å²) >= 11 is 0. The lowest BCUT2D eigenvalue weighted by atomic mass is 9.84. The molecule has 1 heterocycles. The van der Waals surface area contributed by atoms with Crippen molar-refractivity contribution in [1.29, 1.82) is 0 Å². The molecule has 0 spiro atoms. The van der Waals surface area contributed by atoms with Gasteiger partial charge < -0.3 is 10.2 Å². The Bertz CT molecular complexity index is 150. The van der Waals surface area contributed by atoms with E-state index in [1.54, 1.807) is 0 Å². The minimum Gasteiger partial charge on any atom is -0.316 e. The Morgan fingerprint density at radius 1 is 1.36 bits per heavy atom. The summed E-state index contributed by atoms with van der Waals surface area (Å²) in [6.07, 6.45) is 5.32. The van der Waals surface area contributed by atoms with Crippen LogP contribution in [-0.4, -0.2) is 38.1 Å². The zero-order chi connectivity index (χ0) is 10.4. The first kappa shape index (κ1) is 12.0. The van der Waals surface area contributed by atoms with Crippen LogP contribution in [0.4, 0.5) is 0 Å². The number of hydrogen-bond donors (Lipinski definition) is 1. The molecule has 1 atom stereocenters. The van der Waals surface area contributed by atoms with Crippen molar-refractivity contribution in [1.82, 2.24) is 10.2 Å². The third-order valence-electron chi connectivity index (χ3n) is 3.58. The number of nitrogens with one attached hydrogen (secondary N) is 1. The second-order valence-corrected chi connectivity index (χ2v) is 4.87. The summed E-state index contributed by atoms with van der Waals surface area (Å²) < 4.78 is 0. The summed E-state index contributed by atoms with van der Waals surface area (Å²) in [6.45, 7) is 9.57. The first-order chi connectivity index (χ1) is 6.72. The van der Waals surface area contributed by atoms with E-state index < -0.39 is 0 Å². The Morgan fingerprint density at radius 2 is 2.14 bits per heavy atom. The maximum atomic E-state index is 3.50. The minimum atomic E-state index is 0.572. The Kier molecular flexibility index (Phi) is 4.90. The predicted molar refractivity (Wildman–Crippen MR) is 62.6 cm³/mol. The van der Waals surface area contributed by atoms with Gasteiger partial charge in [-0.2, -0.15) is 0 Å². The smallest absolute Gasteiger partial charge is 0.00475 e. The average Bonchev–Trinajstić information content (AvgIpc) is 2.64. The second-order valence-electron chi connectivity index (χ2n) is 4.87. The van der Waals surface area contributed by atoms with E-state index in [4.69, 9.17) is 0 Å². The molecular formula is C12H26N2. The number of nitrogens with zero attached hydrogens (tertiary/aromatic N) is 1. The van der Waals surface area contributed by atoms with Crippen molar-refractivity contribution in [3.05, 3.63) is 0 Å². The molecule has 0 aromatic carbocycles. The molecule has 1 fully saturated rings. The van der Waals surface area contributed by atoms with E-state index in [1.165, 1.54) is 51.9 Å². The van der Waals surface area contributed by atoms with Crippen LogP contribution in [0, 0.1) is 5.41 Å². The van der Waals surface area contributed by atoms with Gasteiger partial charge in [-0.25, -0.2) is 0 Å². The van der Waals surface area contributed by atoms with Gasteiger partial charge in [0.25, 0.3) is 0 Å². The summed E-state index contributed by atoms with van der Waals surface area (Å²) in [5.41, 5.74) is 0.572. The molecule has 0 amide bonds. The van der Waals surface area contributed by atoms with Crippen LogP contribution in [0.1, 0.15) is 39.5 Å². The monoisotopic (exact) mass is 198 g/mol. The Labute approximate surface area is 89.1 Å². The van der Waals surface area contributed by atoms with Gasteiger partial charge in [0, 0.05) is 13.1 Å². The van der Waals surface area contributed by atoms with E-state index in [0.29, 0.717) is 5.41 Å². The zero-order valence-electron chi connectivity index (χ0n) is 10.1. The maximum absolute atomic E-state index is 3.50. The molecule has 2 heteroatoms. The molecule has 1 unspecified atom stereocenters. The van der Waals surface area contributed by atoms with E-state index in [-0.39, 0.29) is 0 Å². The first-order valence-electron chi connectivity index (χ1n) is 6.12. The maximum Gasteiger partial charge on any atom is 0.00475 e. The quantitative estimate of drug-likeness (QED) is 0.703. The van der Waals surface area contributed by atoms with Crippen LogP contribution >= 0.6 is 0 Å². The van der Waals surface area contributed by atoms with Gasteiger partial charge in [-0.05, 0) is 44.8 Å². The molecular weight excluding hydrogens is 172 g/mol. The molecule has 14 heavy (non-hydrogen) atoms. The van der Waals surface area contributed by atoms with Crippen molar-refractivity contribution >= 4 is 0 Å². The van der Waals surface area contributed by atoms with Gasteiger partial charge in [0.05, 0.1) is 0 Å². The lowest BCUT2D eigenvalue weighted by Gasteiger charge is -2.32. The molecule has 2 nitrogen and oxygen atoms in total. The Balaban J connectivity index is 2.32. The van der Waals surface area contributed by atoms with E-state index >= 15 is 0 Å². The topological polar surface area (TPSA) is 15.3 Å². The van der Waals surface area contributed by atoms with Gasteiger partial charge in [-0.15, -0.1) is 0 Å². The molecule has 0 aromatic rings. The fourth-order valence-corrected chi connectivity index (χ4v) is 2.42. The highest BCUT2D eigenvalue weighted by Gasteiger charge is 2.32. The number of unbranched alkanes of at least 4 members (excludes halogenated alkanes) is 1. The van der Waals surface area contributed by atoms with Crippen LogP contribution < -0.4 is 5.32 Å². The number of rotatable bonds is 6. The lowest BCUT2D eigenvalue weighted by Crippen LogP contribution is -2.37. The molecule has 0 aliphatic carbocycles. The average molecular weight is 198 g/mol. The van der Waals surface area contributed by atoms with Crippen molar-refractivity contribution in [3.63, 3.8) is 0 Å². The summed E-state index contributed by atoms with van der Waals surface area (Å²) in [5.74, 6) is 0. The van der Waals surface area contributed by atoms with Crippen LogP contribution in [0.5, 0.6) is 0 Å². The zero-order valence-corrected chi connectivity index (χ0v) is 10.1. The molecule has 1 aliphatic rings. The van der Waals surface area contributed by atoms with Gasteiger partial charge in [0.15, 0.2) is 0 Å². The Hall–Kier alpha value is -0.0800. The molecule has 0 aromatic heterocycles. The first-order valence-corrected chi connectivity index (χ1v) is 6.12. The highest BCUT2D eigenvalue weighted by molar-refractivity contribution is 4.88. The van der Waals surface area contributed by atoms with Crippen LogP contribution in [0.2, 0.25) is 0 Å². The third-order valence-corrected chi connectivity index (χ3v) is 3.58. The Morgan fingerprint density at radius 3 is 2.64 bits per heavy atom. The fraction of sp³-hybridized carbons (Fsp3) is 1.00. The van der Waals surface area contributed by atoms with Gasteiger partial charge >= 0.3 is 0 Å². The number of hydrogen-bond acceptors (Lipinski definition) is 2. The van der Waals surface area contributed by atoms with Gasteiger partial charge in [-0.3, -0.25) is 0 Å². The van der Waals surface area contributed by atoms with E-state index in [9.17, 15) is 0 Å². The summed E-state index contributed by atoms with van der Waals surface area (Å²) in [7, 11) is 2.27. The van der Waals surface area contributed by atoms with E-state index in [2.05, 4.69) is 31.1 Å². The van der Waals surface area contributed by atoms with Gasteiger partial charge in [0.2, 0.25) is 0 Å². The molecule has 1 N–H and O–H groups in total. The van der Waals surface area contributed by atoms with Crippen molar-refractivity contribution in [2.75, 3.05) is 33.2 Å². The van der Waals surface area contributed by atoms with E-state index in [0.717, 1.165) is 0 Å². The van der Waals surface area contributed by atoms with Crippen molar-refractivity contribution in [3.8, 4) is 0 Å². The molecule has 1 aliphatic heterocycles. The standard InChI is InChI=1S/C12H26N2/c1-4-6-9-14(3)11-12(5-2)7-8-13-10-12/h13H,4-11H2,1-3H3. The van der Waals surface area contributed by atoms with E-state index in [1.807, 2.05) is 0 Å². The second kappa shape index (κ2) is 5.72. The molecule has 0 bridgehead atoms. The van der Waals surface area contributed by atoms with Crippen molar-refractivity contribution in [2.24, 2.45) is 5.41 Å². The van der Waals surface area contributed by atoms with Gasteiger partial charge in [0.1, 0.15) is 0 Å².